The number of halogens is 1. The maximum absolute atomic E-state index is 13.6. The van der Waals surface area contributed by atoms with Crippen molar-refractivity contribution in [2.24, 2.45) is 0 Å². The minimum Gasteiger partial charge on any atom is -0.503 e. The number of ketones is 1. The zero-order valence-electron chi connectivity index (χ0n) is 17.5. The van der Waals surface area contributed by atoms with Crippen LogP contribution in [0, 0.1) is 0 Å². The van der Waals surface area contributed by atoms with Crippen LogP contribution in [-0.2, 0) is 4.79 Å². The maximum atomic E-state index is 13.6. The molecule has 6 nitrogen and oxygen atoms in total. The normalized spacial score (nSPS) is 16.0. The lowest BCUT2D eigenvalue weighted by molar-refractivity contribution is -0.117. The van der Waals surface area contributed by atoms with Gasteiger partial charge in [-0.15, -0.1) is 0 Å². The summed E-state index contributed by atoms with van der Waals surface area (Å²) in [5.41, 5.74) is 1.66. The summed E-state index contributed by atoms with van der Waals surface area (Å²) < 4.78 is 12.0. The molecule has 4 aromatic rings. The highest BCUT2D eigenvalue weighted by atomic mass is 79.9. The zero-order valence-corrected chi connectivity index (χ0v) is 19.1. The average molecular weight is 504 g/mol. The first-order valence-corrected chi connectivity index (χ1v) is 11.0. The molecule has 1 aliphatic rings. The molecule has 0 saturated heterocycles. The van der Waals surface area contributed by atoms with E-state index in [9.17, 15) is 14.7 Å². The van der Waals surface area contributed by atoms with Gasteiger partial charge in [-0.05, 0) is 54.1 Å². The Morgan fingerprint density at radius 2 is 1.82 bits per heavy atom. The molecule has 1 amide bonds. The van der Waals surface area contributed by atoms with E-state index >= 15 is 0 Å². The first-order valence-electron chi connectivity index (χ1n) is 10.2. The molecule has 5 rings (SSSR count). The number of para-hydroxylation sites is 1. The van der Waals surface area contributed by atoms with Crippen molar-refractivity contribution < 1.29 is 23.8 Å². The van der Waals surface area contributed by atoms with Crippen LogP contribution < -0.4 is 9.64 Å². The first-order chi connectivity index (χ1) is 16.0. The number of aliphatic hydroxyl groups is 1. The molecule has 0 fully saturated rings. The van der Waals surface area contributed by atoms with Crippen LogP contribution in [-0.4, -0.2) is 23.9 Å². The van der Waals surface area contributed by atoms with Crippen LogP contribution in [0.5, 0.6) is 5.75 Å². The van der Waals surface area contributed by atoms with Crippen molar-refractivity contribution in [3.05, 3.63) is 106 Å². The monoisotopic (exact) mass is 503 g/mol. The van der Waals surface area contributed by atoms with Crippen molar-refractivity contribution in [2.45, 2.75) is 6.04 Å². The number of furan rings is 1. The zero-order chi connectivity index (χ0) is 23.1. The van der Waals surface area contributed by atoms with Crippen molar-refractivity contribution in [3.63, 3.8) is 0 Å². The number of rotatable bonds is 5. The Balaban J connectivity index is 1.67. The van der Waals surface area contributed by atoms with Crippen LogP contribution >= 0.6 is 15.9 Å². The van der Waals surface area contributed by atoms with Gasteiger partial charge in [0.05, 0.1) is 18.7 Å². The van der Waals surface area contributed by atoms with E-state index in [1.54, 1.807) is 67.8 Å². The average Bonchev–Trinajstić information content (AvgIpc) is 3.37. The van der Waals surface area contributed by atoms with Crippen molar-refractivity contribution in [1.82, 2.24) is 0 Å². The molecule has 0 bridgehead atoms. The summed E-state index contributed by atoms with van der Waals surface area (Å²) in [6.07, 6.45) is 0. The number of nitrogens with zero attached hydrogens (tertiary/aromatic N) is 1. The van der Waals surface area contributed by atoms with Crippen LogP contribution in [0.4, 0.5) is 5.69 Å². The predicted octanol–water partition coefficient (Wildman–Crippen LogP) is 5.99. The van der Waals surface area contributed by atoms with Crippen molar-refractivity contribution >= 4 is 44.3 Å². The second kappa shape index (κ2) is 8.26. The topological polar surface area (TPSA) is 80.0 Å². The van der Waals surface area contributed by atoms with Crippen LogP contribution in [0.25, 0.3) is 11.0 Å². The summed E-state index contributed by atoms with van der Waals surface area (Å²) in [5, 5.41) is 11.6. The SMILES string of the molecule is COc1cccc(C2C(C(=O)c3cc4cc(Br)ccc4o3)=C(O)C(=O)N2c2ccccc2)c1. The van der Waals surface area contributed by atoms with E-state index in [1.165, 1.54) is 4.90 Å². The molecule has 0 saturated carbocycles. The van der Waals surface area contributed by atoms with E-state index in [1.807, 2.05) is 18.2 Å². The number of methoxy groups -OCH3 is 1. The summed E-state index contributed by atoms with van der Waals surface area (Å²) in [7, 11) is 1.54. The summed E-state index contributed by atoms with van der Waals surface area (Å²) in [5.74, 6) is -1.20. The highest BCUT2D eigenvalue weighted by molar-refractivity contribution is 9.10. The van der Waals surface area contributed by atoms with E-state index in [4.69, 9.17) is 9.15 Å². The number of ether oxygens (including phenoxy) is 1. The van der Waals surface area contributed by atoms with Gasteiger partial charge in [-0.1, -0.05) is 46.3 Å². The molecular weight excluding hydrogens is 486 g/mol. The van der Waals surface area contributed by atoms with Crippen molar-refractivity contribution in [1.29, 1.82) is 0 Å². The number of fused-ring (bicyclic) bond motifs is 1. The molecule has 1 aromatic heterocycles. The van der Waals surface area contributed by atoms with Gasteiger partial charge in [0.2, 0.25) is 5.78 Å². The molecule has 33 heavy (non-hydrogen) atoms. The predicted molar refractivity (Wildman–Crippen MR) is 128 cm³/mol. The van der Waals surface area contributed by atoms with Gasteiger partial charge < -0.3 is 14.3 Å². The Labute approximate surface area is 197 Å². The van der Waals surface area contributed by atoms with Crippen LogP contribution in [0.3, 0.4) is 0 Å². The Hall–Kier alpha value is -3.84. The van der Waals surface area contributed by atoms with Gasteiger partial charge in [0.25, 0.3) is 5.91 Å². The van der Waals surface area contributed by atoms with E-state index in [0.29, 0.717) is 22.6 Å². The molecule has 0 spiro atoms. The molecule has 1 aliphatic heterocycles. The molecule has 3 aromatic carbocycles. The standard InChI is InChI=1S/C26H18BrNO5/c1-32-19-9-5-6-15(13-19)23-22(25(30)26(31)28(23)18-7-3-2-4-8-18)24(29)21-14-16-12-17(27)10-11-20(16)33-21/h2-14,23,30H,1H3. The molecular formula is C26H18BrNO5. The minimum absolute atomic E-state index is 0.0419. The number of carbonyl (C=O) groups excluding carboxylic acids is 2. The minimum atomic E-state index is -0.859. The fourth-order valence-electron chi connectivity index (χ4n) is 4.08. The molecule has 164 valence electrons. The largest absolute Gasteiger partial charge is 0.503 e. The fraction of sp³-hybridized carbons (Fsp3) is 0.0769. The highest BCUT2D eigenvalue weighted by Crippen LogP contribution is 2.43. The number of anilines is 1. The van der Waals surface area contributed by atoms with E-state index in [0.717, 1.165) is 9.86 Å². The third-order valence-corrected chi connectivity index (χ3v) is 6.09. The second-order valence-electron chi connectivity index (χ2n) is 7.57. The molecule has 7 heteroatoms. The Kier molecular flexibility index (Phi) is 5.26. The number of hydrogen-bond donors (Lipinski definition) is 1. The number of aliphatic hydroxyl groups excluding tert-OH is 1. The smallest absolute Gasteiger partial charge is 0.294 e. The lowest BCUT2D eigenvalue weighted by atomic mass is 9.94. The van der Waals surface area contributed by atoms with Gasteiger partial charge in [0.1, 0.15) is 11.3 Å². The first kappa shape index (κ1) is 21.0. The number of hydrogen-bond acceptors (Lipinski definition) is 5. The number of Topliss-reactive ketones (excluding diaryl/α,β-unsaturated/α-hetero) is 1. The van der Waals surface area contributed by atoms with E-state index in [2.05, 4.69) is 15.9 Å². The van der Waals surface area contributed by atoms with E-state index < -0.39 is 23.5 Å². The van der Waals surface area contributed by atoms with Crippen molar-refractivity contribution in [2.75, 3.05) is 12.0 Å². The molecule has 0 aliphatic carbocycles. The third-order valence-electron chi connectivity index (χ3n) is 5.60. The van der Waals surface area contributed by atoms with Crippen LogP contribution in [0.2, 0.25) is 0 Å². The van der Waals surface area contributed by atoms with Gasteiger partial charge >= 0.3 is 0 Å². The van der Waals surface area contributed by atoms with Crippen molar-refractivity contribution in [3.8, 4) is 5.75 Å². The summed E-state index contributed by atoms with van der Waals surface area (Å²) in [6.45, 7) is 0. The van der Waals surface area contributed by atoms with Crippen LogP contribution in [0.15, 0.2) is 99.1 Å². The number of carbonyl (C=O) groups is 2. The second-order valence-corrected chi connectivity index (χ2v) is 8.49. The fourth-order valence-corrected chi connectivity index (χ4v) is 4.46. The lowest BCUT2D eigenvalue weighted by Crippen LogP contribution is -2.31. The quantitative estimate of drug-likeness (QED) is 0.338. The van der Waals surface area contributed by atoms with Gasteiger partial charge in [-0.3, -0.25) is 14.5 Å². The molecule has 2 heterocycles. The van der Waals surface area contributed by atoms with Gasteiger partial charge in [0, 0.05) is 15.5 Å². The molecule has 1 atom stereocenters. The molecule has 0 radical (unpaired) electrons. The van der Waals surface area contributed by atoms with E-state index in [-0.39, 0.29) is 11.3 Å². The maximum Gasteiger partial charge on any atom is 0.294 e. The molecule has 1 N–H and O–H groups in total. The van der Waals surface area contributed by atoms with Crippen LogP contribution in [0.1, 0.15) is 22.2 Å². The summed E-state index contributed by atoms with van der Waals surface area (Å²) in [4.78, 5) is 28.3. The summed E-state index contributed by atoms with van der Waals surface area (Å²) >= 11 is 3.41. The lowest BCUT2D eigenvalue weighted by Gasteiger charge is -2.27. The Morgan fingerprint density at radius 3 is 2.58 bits per heavy atom. The Bertz CT molecular complexity index is 1420. The van der Waals surface area contributed by atoms with Gasteiger partial charge in [-0.25, -0.2) is 0 Å². The molecule has 1 unspecified atom stereocenters. The summed E-state index contributed by atoms with van der Waals surface area (Å²) in [6, 6.07) is 22.2. The number of amides is 1. The van der Waals surface area contributed by atoms with Gasteiger partial charge in [-0.2, -0.15) is 0 Å². The highest BCUT2D eigenvalue weighted by Gasteiger charge is 2.45. The van der Waals surface area contributed by atoms with Gasteiger partial charge in [0.15, 0.2) is 11.5 Å². The number of benzene rings is 3. The Morgan fingerprint density at radius 1 is 1.03 bits per heavy atom. The third kappa shape index (κ3) is 3.60.